The predicted molar refractivity (Wildman–Crippen MR) is 139 cm³/mol. The molecule has 1 amide bonds. The molecule has 1 saturated heterocycles. The summed E-state index contributed by atoms with van der Waals surface area (Å²) in [6, 6.07) is 26.9. The molecule has 2 N–H and O–H groups in total. The molecule has 3 aromatic carbocycles. The summed E-state index contributed by atoms with van der Waals surface area (Å²) in [6.45, 7) is 3.45. The van der Waals surface area contributed by atoms with Gasteiger partial charge in [0.05, 0.1) is 10.8 Å². The van der Waals surface area contributed by atoms with Crippen molar-refractivity contribution in [1.82, 2.24) is 14.9 Å². The number of hydrogen-bond donors (Lipinski definition) is 2. The number of benzene rings is 3. The molecule has 6 nitrogen and oxygen atoms in total. The van der Waals surface area contributed by atoms with Crippen LogP contribution in [-0.4, -0.2) is 51.4 Å². The van der Waals surface area contributed by atoms with E-state index in [-0.39, 0.29) is 28.7 Å². The van der Waals surface area contributed by atoms with Crippen LogP contribution in [0.2, 0.25) is 0 Å². The molecule has 3 aromatic rings. The predicted octanol–water partition coefficient (Wildman–Crippen LogP) is 3.54. The molecule has 2 atom stereocenters. The van der Waals surface area contributed by atoms with Gasteiger partial charge in [-0.2, -0.15) is 4.31 Å². The van der Waals surface area contributed by atoms with Gasteiger partial charge in [0, 0.05) is 38.6 Å². The van der Waals surface area contributed by atoms with Crippen molar-refractivity contribution < 1.29 is 13.2 Å². The Morgan fingerprint density at radius 1 is 0.943 bits per heavy atom. The van der Waals surface area contributed by atoms with E-state index in [2.05, 4.69) is 34.9 Å². The zero-order valence-corrected chi connectivity index (χ0v) is 21.0. The monoisotopic (exact) mass is 491 g/mol. The summed E-state index contributed by atoms with van der Waals surface area (Å²) in [6.07, 6.45) is 0.474. The lowest BCUT2D eigenvalue weighted by atomic mass is 9.90. The van der Waals surface area contributed by atoms with Crippen LogP contribution in [0.25, 0.3) is 0 Å². The number of rotatable bonds is 8. The molecule has 35 heavy (non-hydrogen) atoms. The lowest BCUT2D eigenvalue weighted by molar-refractivity contribution is -0.125. The van der Waals surface area contributed by atoms with Gasteiger partial charge in [-0.05, 0) is 36.6 Å². The van der Waals surface area contributed by atoms with E-state index >= 15 is 0 Å². The standard InChI is InChI=1S/C28H33N3O3S/c1-21-13-15-26(16-14-21)35(33,34)31(2)25-17-24(18-29-19-25)28(32)30-20-27(22-9-5-3-6-10-22)23-11-7-4-8-12-23/h3-16,24-25,27,29H,17-20H2,1-2H3,(H,30,32)/t24-,25-/m0/s1. The van der Waals surface area contributed by atoms with E-state index in [0.717, 1.165) is 16.7 Å². The highest BCUT2D eigenvalue weighted by Crippen LogP contribution is 2.25. The van der Waals surface area contributed by atoms with Crippen molar-refractivity contribution in [2.75, 3.05) is 26.7 Å². The minimum Gasteiger partial charge on any atom is -0.355 e. The maximum Gasteiger partial charge on any atom is 0.243 e. The lowest BCUT2D eigenvalue weighted by Crippen LogP contribution is -2.52. The van der Waals surface area contributed by atoms with Crippen molar-refractivity contribution in [3.05, 3.63) is 102 Å². The Kier molecular flexibility index (Phi) is 8.00. The third kappa shape index (κ3) is 5.99. The van der Waals surface area contributed by atoms with Gasteiger partial charge in [-0.3, -0.25) is 4.79 Å². The van der Waals surface area contributed by atoms with Gasteiger partial charge in [0.25, 0.3) is 0 Å². The van der Waals surface area contributed by atoms with Gasteiger partial charge in [-0.25, -0.2) is 8.42 Å². The normalized spacial score (nSPS) is 18.5. The van der Waals surface area contributed by atoms with Crippen molar-refractivity contribution in [3.63, 3.8) is 0 Å². The smallest absolute Gasteiger partial charge is 0.243 e. The number of nitrogens with one attached hydrogen (secondary N) is 2. The lowest BCUT2D eigenvalue weighted by Gasteiger charge is -2.35. The second kappa shape index (κ2) is 11.2. The number of carbonyl (C=O) groups excluding carboxylic acids is 1. The first-order valence-corrected chi connectivity index (χ1v) is 13.4. The highest BCUT2D eigenvalue weighted by molar-refractivity contribution is 7.89. The Morgan fingerprint density at radius 3 is 2.09 bits per heavy atom. The molecule has 1 aliphatic heterocycles. The number of carbonyl (C=O) groups is 1. The van der Waals surface area contributed by atoms with E-state index in [1.165, 1.54) is 4.31 Å². The van der Waals surface area contributed by atoms with E-state index in [1.807, 2.05) is 43.3 Å². The van der Waals surface area contributed by atoms with Gasteiger partial charge in [0.15, 0.2) is 0 Å². The average Bonchev–Trinajstić information content (AvgIpc) is 2.90. The van der Waals surface area contributed by atoms with Gasteiger partial charge in [0.2, 0.25) is 15.9 Å². The molecule has 7 heteroatoms. The second-order valence-electron chi connectivity index (χ2n) is 9.20. The molecule has 184 valence electrons. The molecule has 0 saturated carbocycles. The number of aryl methyl sites for hydroxylation is 1. The molecule has 0 aromatic heterocycles. The summed E-state index contributed by atoms with van der Waals surface area (Å²) in [5.41, 5.74) is 3.29. The zero-order valence-electron chi connectivity index (χ0n) is 20.2. The van der Waals surface area contributed by atoms with Crippen LogP contribution in [0.5, 0.6) is 0 Å². The molecule has 0 spiro atoms. The number of nitrogens with zero attached hydrogens (tertiary/aromatic N) is 1. The number of piperidine rings is 1. The van der Waals surface area contributed by atoms with E-state index in [4.69, 9.17) is 0 Å². The minimum absolute atomic E-state index is 0.0401. The number of sulfonamides is 1. The summed E-state index contributed by atoms with van der Waals surface area (Å²) < 4.78 is 27.7. The van der Waals surface area contributed by atoms with Gasteiger partial charge in [0.1, 0.15) is 0 Å². The molecule has 0 unspecified atom stereocenters. The molecule has 4 rings (SSSR count). The third-order valence-corrected chi connectivity index (χ3v) is 8.72. The molecular weight excluding hydrogens is 458 g/mol. The summed E-state index contributed by atoms with van der Waals surface area (Å²) in [4.78, 5) is 13.4. The fraction of sp³-hybridized carbons (Fsp3) is 0.321. The highest BCUT2D eigenvalue weighted by Gasteiger charge is 2.34. The van der Waals surface area contributed by atoms with Crippen LogP contribution in [0, 0.1) is 12.8 Å². The van der Waals surface area contributed by atoms with Crippen LogP contribution in [0.4, 0.5) is 0 Å². The van der Waals surface area contributed by atoms with Crippen LogP contribution in [0.1, 0.15) is 29.0 Å². The molecular formula is C28H33N3O3S. The Labute approximate surface area is 208 Å². The van der Waals surface area contributed by atoms with Crippen LogP contribution in [-0.2, 0) is 14.8 Å². The summed E-state index contributed by atoms with van der Waals surface area (Å²) >= 11 is 0. The van der Waals surface area contributed by atoms with Gasteiger partial charge in [-0.1, -0.05) is 78.4 Å². The highest BCUT2D eigenvalue weighted by atomic mass is 32.2. The summed E-state index contributed by atoms with van der Waals surface area (Å²) in [7, 11) is -2.04. The minimum atomic E-state index is -3.64. The van der Waals surface area contributed by atoms with Gasteiger partial charge < -0.3 is 10.6 Å². The molecule has 0 aliphatic carbocycles. The number of amides is 1. The van der Waals surface area contributed by atoms with E-state index in [1.54, 1.807) is 31.3 Å². The first-order valence-electron chi connectivity index (χ1n) is 12.0. The number of likely N-dealkylation sites (N-methyl/N-ethyl adjacent to an activating group) is 1. The fourth-order valence-corrected chi connectivity index (χ4v) is 5.98. The molecule has 1 aliphatic rings. The fourth-order valence-electron chi connectivity index (χ4n) is 4.61. The maximum absolute atomic E-state index is 13.2. The summed E-state index contributed by atoms with van der Waals surface area (Å²) in [5, 5.41) is 6.40. The van der Waals surface area contributed by atoms with E-state index in [9.17, 15) is 13.2 Å². The summed E-state index contributed by atoms with van der Waals surface area (Å²) in [5.74, 6) is -0.324. The van der Waals surface area contributed by atoms with Crippen LogP contribution in [0.3, 0.4) is 0 Å². The Balaban J connectivity index is 1.43. The van der Waals surface area contributed by atoms with Gasteiger partial charge in [-0.15, -0.1) is 0 Å². The molecule has 1 heterocycles. The van der Waals surface area contributed by atoms with Crippen molar-refractivity contribution in [1.29, 1.82) is 0 Å². The van der Waals surface area contributed by atoms with Gasteiger partial charge >= 0.3 is 0 Å². The number of hydrogen-bond acceptors (Lipinski definition) is 4. The van der Waals surface area contributed by atoms with E-state index < -0.39 is 10.0 Å². The quantitative estimate of drug-likeness (QED) is 0.505. The SMILES string of the molecule is Cc1ccc(S(=O)(=O)N(C)[C@@H]2CNC[C@@H](C(=O)NCC(c3ccccc3)c3ccccc3)C2)cc1. The van der Waals surface area contributed by atoms with Crippen LogP contribution < -0.4 is 10.6 Å². The molecule has 0 bridgehead atoms. The third-order valence-electron chi connectivity index (χ3n) is 6.79. The second-order valence-corrected chi connectivity index (χ2v) is 11.2. The Hall–Kier alpha value is -3.00. The van der Waals surface area contributed by atoms with Crippen LogP contribution in [0.15, 0.2) is 89.8 Å². The first-order chi connectivity index (χ1) is 16.9. The van der Waals surface area contributed by atoms with E-state index in [0.29, 0.717) is 26.1 Å². The molecule has 1 fully saturated rings. The average molecular weight is 492 g/mol. The van der Waals surface area contributed by atoms with Crippen molar-refractivity contribution >= 4 is 15.9 Å². The first kappa shape index (κ1) is 25.1. The van der Waals surface area contributed by atoms with Crippen molar-refractivity contribution in [2.24, 2.45) is 5.92 Å². The largest absolute Gasteiger partial charge is 0.355 e. The zero-order chi connectivity index (χ0) is 24.8. The molecule has 0 radical (unpaired) electrons. The Morgan fingerprint density at radius 2 is 1.51 bits per heavy atom. The maximum atomic E-state index is 13.2. The topological polar surface area (TPSA) is 78.5 Å². The Bertz CT molecular complexity index is 1180. The van der Waals surface area contributed by atoms with Crippen molar-refractivity contribution in [3.8, 4) is 0 Å². The van der Waals surface area contributed by atoms with Crippen molar-refractivity contribution in [2.45, 2.75) is 30.2 Å². The van der Waals surface area contributed by atoms with Crippen LogP contribution >= 0.6 is 0 Å².